The predicted octanol–water partition coefficient (Wildman–Crippen LogP) is 3.21. The maximum Gasteiger partial charge on any atom is 0.0338 e. The fourth-order valence-corrected chi connectivity index (χ4v) is 0.934. The highest BCUT2D eigenvalue weighted by molar-refractivity contribution is 5.35. The first kappa shape index (κ1) is 13.6. The number of hydrogen-bond acceptors (Lipinski definition) is 2. The fourth-order valence-electron chi connectivity index (χ4n) is 0.934. The van der Waals surface area contributed by atoms with Gasteiger partial charge in [-0.15, -0.1) is 0 Å². The van der Waals surface area contributed by atoms with Crippen molar-refractivity contribution in [2.45, 2.75) is 34.6 Å². The minimum atomic E-state index is 0.884. The second-order valence-electron chi connectivity index (χ2n) is 3.96. The van der Waals surface area contributed by atoms with Gasteiger partial charge < -0.3 is 11.1 Å². The van der Waals surface area contributed by atoms with E-state index in [-0.39, 0.29) is 0 Å². The Hall–Kier alpha value is -1.44. The maximum absolute atomic E-state index is 5.38. The van der Waals surface area contributed by atoms with E-state index in [9.17, 15) is 0 Å². The third-order valence-corrected chi connectivity index (χ3v) is 2.30. The van der Waals surface area contributed by atoms with Gasteiger partial charge in [0.05, 0.1) is 0 Å². The van der Waals surface area contributed by atoms with Crippen LogP contribution in [0.4, 0.5) is 0 Å². The van der Waals surface area contributed by atoms with Crippen molar-refractivity contribution in [3.05, 3.63) is 47.0 Å². The summed E-state index contributed by atoms with van der Waals surface area (Å²) in [6, 6.07) is 0. The van der Waals surface area contributed by atoms with Gasteiger partial charge in [0.1, 0.15) is 0 Å². The van der Waals surface area contributed by atoms with Crippen molar-refractivity contribution in [2.24, 2.45) is 5.73 Å². The molecule has 0 saturated heterocycles. The van der Waals surface area contributed by atoms with Gasteiger partial charge in [0.2, 0.25) is 0 Å². The van der Waals surface area contributed by atoms with E-state index in [4.69, 9.17) is 5.73 Å². The number of nitrogens with one attached hydrogen (secondary N) is 1. The first-order valence-electron chi connectivity index (χ1n) is 5.05. The molecule has 0 aromatic heterocycles. The average Bonchev–Trinajstić information content (AvgIpc) is 2.16. The zero-order chi connectivity index (χ0) is 12.0. The van der Waals surface area contributed by atoms with E-state index in [1.807, 2.05) is 13.8 Å². The van der Waals surface area contributed by atoms with E-state index in [2.05, 4.69) is 38.7 Å². The summed E-state index contributed by atoms with van der Waals surface area (Å²) in [5.41, 5.74) is 10.9. The minimum Gasteiger partial charge on any atom is -0.403 e. The first-order chi connectivity index (χ1) is 6.88. The van der Waals surface area contributed by atoms with Crippen molar-refractivity contribution in [3.8, 4) is 0 Å². The lowest BCUT2D eigenvalue weighted by Gasteiger charge is -2.10. The van der Waals surface area contributed by atoms with E-state index in [1.165, 1.54) is 17.3 Å². The highest BCUT2D eigenvalue weighted by Gasteiger charge is 1.97. The molecule has 0 aromatic carbocycles. The van der Waals surface area contributed by atoms with Crippen LogP contribution in [0.15, 0.2) is 47.0 Å². The highest BCUT2D eigenvalue weighted by Crippen LogP contribution is 2.11. The van der Waals surface area contributed by atoms with E-state index in [1.54, 1.807) is 0 Å². The number of hydrogen-bond donors (Lipinski definition) is 2. The summed E-state index contributed by atoms with van der Waals surface area (Å²) in [6.07, 6.45) is 3.65. The Morgan fingerprint density at radius 2 is 1.67 bits per heavy atom. The summed E-state index contributed by atoms with van der Waals surface area (Å²) in [5.74, 6) is 0. The monoisotopic (exact) mass is 206 g/mol. The minimum absolute atomic E-state index is 0.884. The summed E-state index contributed by atoms with van der Waals surface area (Å²) in [6.45, 7) is 14.2. The van der Waals surface area contributed by atoms with Crippen LogP contribution >= 0.6 is 0 Å². The molecule has 0 aliphatic carbocycles. The molecule has 0 unspecified atom stereocenters. The Kier molecular flexibility index (Phi) is 5.53. The predicted molar refractivity (Wildman–Crippen MR) is 68.0 cm³/mol. The Balaban J connectivity index is 4.67. The van der Waals surface area contributed by atoms with Gasteiger partial charge in [-0.25, -0.2) is 0 Å². The molecule has 84 valence electrons. The van der Waals surface area contributed by atoms with Crippen molar-refractivity contribution in [1.82, 2.24) is 5.32 Å². The van der Waals surface area contributed by atoms with Gasteiger partial charge >= 0.3 is 0 Å². The molecular formula is C13H22N2. The van der Waals surface area contributed by atoms with Crippen molar-refractivity contribution in [1.29, 1.82) is 0 Å². The van der Waals surface area contributed by atoms with Crippen LogP contribution in [-0.2, 0) is 0 Å². The van der Waals surface area contributed by atoms with Gasteiger partial charge in [-0.2, -0.15) is 0 Å². The molecule has 0 radical (unpaired) electrons. The van der Waals surface area contributed by atoms with Gasteiger partial charge in [-0.05, 0) is 40.2 Å². The molecule has 3 N–H and O–H groups in total. The molecule has 0 aliphatic heterocycles. The van der Waals surface area contributed by atoms with E-state index < -0.39 is 0 Å². The zero-order valence-electron chi connectivity index (χ0n) is 10.4. The van der Waals surface area contributed by atoms with Crippen LogP contribution in [0.3, 0.4) is 0 Å². The summed E-state index contributed by atoms with van der Waals surface area (Å²) >= 11 is 0. The number of nitrogens with two attached hydrogens (primary N) is 1. The van der Waals surface area contributed by atoms with Crippen molar-refractivity contribution >= 4 is 0 Å². The van der Waals surface area contributed by atoms with Crippen LogP contribution in [0, 0.1) is 0 Å². The van der Waals surface area contributed by atoms with Gasteiger partial charge in [0.15, 0.2) is 0 Å². The van der Waals surface area contributed by atoms with Gasteiger partial charge in [-0.3, -0.25) is 0 Å². The first-order valence-corrected chi connectivity index (χ1v) is 5.05. The Labute approximate surface area is 93.2 Å². The fraction of sp³-hybridized carbons (Fsp3) is 0.385. The zero-order valence-corrected chi connectivity index (χ0v) is 10.4. The molecule has 2 nitrogen and oxygen atoms in total. The standard InChI is InChI=1S/C13H22N2/c1-9(2)10(3)7-11(4)13(6)15-12(5)8-14/h7-8,15H,6,14H2,1-5H3/b11-7+,12-8-. The van der Waals surface area contributed by atoms with Gasteiger partial charge in [0, 0.05) is 17.6 Å². The number of allylic oxidation sites excluding steroid dienone is 5. The molecule has 2 heteroatoms. The van der Waals surface area contributed by atoms with E-state index >= 15 is 0 Å². The van der Waals surface area contributed by atoms with Crippen molar-refractivity contribution < 1.29 is 0 Å². The van der Waals surface area contributed by atoms with Crippen LogP contribution in [-0.4, -0.2) is 0 Å². The summed E-state index contributed by atoms with van der Waals surface area (Å²) in [5, 5.41) is 3.12. The quantitative estimate of drug-likeness (QED) is 0.693. The largest absolute Gasteiger partial charge is 0.403 e. The summed E-state index contributed by atoms with van der Waals surface area (Å²) in [4.78, 5) is 0. The summed E-state index contributed by atoms with van der Waals surface area (Å²) in [7, 11) is 0. The Bertz CT molecular complexity index is 326. The summed E-state index contributed by atoms with van der Waals surface area (Å²) < 4.78 is 0. The second-order valence-corrected chi connectivity index (χ2v) is 3.96. The van der Waals surface area contributed by atoms with E-state index in [0.29, 0.717) is 0 Å². The Morgan fingerprint density at radius 3 is 2.07 bits per heavy atom. The molecule has 0 aliphatic rings. The van der Waals surface area contributed by atoms with Crippen LogP contribution in [0.25, 0.3) is 0 Å². The second kappa shape index (κ2) is 6.12. The average molecular weight is 206 g/mol. The van der Waals surface area contributed by atoms with Crippen molar-refractivity contribution in [3.63, 3.8) is 0 Å². The maximum atomic E-state index is 5.38. The van der Waals surface area contributed by atoms with Crippen LogP contribution in [0.2, 0.25) is 0 Å². The Morgan fingerprint density at radius 1 is 1.13 bits per heavy atom. The molecule has 0 rings (SSSR count). The molecule has 0 heterocycles. The van der Waals surface area contributed by atoms with Crippen LogP contribution in [0.5, 0.6) is 0 Å². The molecular weight excluding hydrogens is 184 g/mol. The highest BCUT2D eigenvalue weighted by atomic mass is 14.9. The van der Waals surface area contributed by atoms with Gasteiger partial charge in [-0.1, -0.05) is 23.8 Å². The molecule has 15 heavy (non-hydrogen) atoms. The molecule has 0 bridgehead atoms. The topological polar surface area (TPSA) is 38.0 Å². The van der Waals surface area contributed by atoms with E-state index in [0.717, 1.165) is 17.0 Å². The van der Waals surface area contributed by atoms with Gasteiger partial charge in [0.25, 0.3) is 0 Å². The SMILES string of the molecule is C=C(N/C(C)=C\N)/C(C)=C/C(C)=C(C)C. The van der Waals surface area contributed by atoms with Crippen molar-refractivity contribution in [2.75, 3.05) is 0 Å². The molecule has 0 spiro atoms. The molecule has 0 saturated carbocycles. The lowest BCUT2D eigenvalue weighted by atomic mass is 10.1. The molecule has 0 atom stereocenters. The lowest BCUT2D eigenvalue weighted by Crippen LogP contribution is -2.11. The molecule has 0 fully saturated rings. The molecule has 0 aromatic rings. The number of rotatable bonds is 4. The molecule has 0 amide bonds. The normalized spacial score (nSPS) is 12.3. The third kappa shape index (κ3) is 5.11. The lowest BCUT2D eigenvalue weighted by molar-refractivity contribution is 0.972. The smallest absolute Gasteiger partial charge is 0.0338 e. The third-order valence-electron chi connectivity index (χ3n) is 2.30. The van der Waals surface area contributed by atoms with Crippen LogP contribution in [0.1, 0.15) is 34.6 Å². The van der Waals surface area contributed by atoms with Crippen LogP contribution < -0.4 is 11.1 Å².